The summed E-state index contributed by atoms with van der Waals surface area (Å²) in [4.78, 5) is 0. The highest BCUT2D eigenvalue weighted by molar-refractivity contribution is 5.60. The summed E-state index contributed by atoms with van der Waals surface area (Å²) in [7, 11) is 0. The molecule has 0 aliphatic rings. The van der Waals surface area contributed by atoms with Crippen LogP contribution in [0, 0.1) is 13.8 Å². The van der Waals surface area contributed by atoms with E-state index in [0.29, 0.717) is 19.8 Å². The lowest BCUT2D eigenvalue weighted by molar-refractivity contribution is 0.332. The van der Waals surface area contributed by atoms with Crippen LogP contribution in [0.25, 0.3) is 0 Å². The maximum atomic E-state index is 5.66. The van der Waals surface area contributed by atoms with Gasteiger partial charge in [0.1, 0.15) is 11.5 Å². The number of anilines is 1. The molecule has 0 saturated heterocycles. The molecule has 1 heterocycles. The monoisotopic (exact) mass is 289 g/mol. The first kappa shape index (κ1) is 15.2. The average Bonchev–Trinajstić information content (AvgIpc) is 2.79. The smallest absolute Gasteiger partial charge is 0.142 e. The fourth-order valence-electron chi connectivity index (χ4n) is 2.20. The van der Waals surface area contributed by atoms with Crippen molar-refractivity contribution in [1.29, 1.82) is 0 Å². The van der Waals surface area contributed by atoms with Crippen LogP contribution in [-0.4, -0.2) is 23.4 Å². The van der Waals surface area contributed by atoms with Crippen LogP contribution in [0.15, 0.2) is 18.2 Å². The molecule has 0 aliphatic heterocycles. The van der Waals surface area contributed by atoms with Gasteiger partial charge in [0.2, 0.25) is 0 Å². The fraction of sp³-hybridized carbons (Fsp3) is 0.438. The van der Waals surface area contributed by atoms with Gasteiger partial charge in [-0.05, 0) is 39.8 Å². The maximum absolute atomic E-state index is 5.66. The molecule has 0 unspecified atom stereocenters. The Hall–Kier alpha value is -2.17. The molecule has 0 saturated carbocycles. The van der Waals surface area contributed by atoms with Crippen LogP contribution < -0.4 is 14.8 Å². The summed E-state index contributed by atoms with van der Waals surface area (Å²) < 4.78 is 11.2. The second kappa shape index (κ2) is 7.02. The van der Waals surface area contributed by atoms with Gasteiger partial charge in [-0.1, -0.05) is 0 Å². The van der Waals surface area contributed by atoms with Crippen molar-refractivity contribution in [3.05, 3.63) is 35.2 Å². The molecule has 0 amide bonds. The second-order valence-corrected chi connectivity index (χ2v) is 4.79. The van der Waals surface area contributed by atoms with Crippen LogP contribution in [0.3, 0.4) is 0 Å². The lowest BCUT2D eigenvalue weighted by atomic mass is 10.2. The maximum Gasteiger partial charge on any atom is 0.142 e. The van der Waals surface area contributed by atoms with Crippen LogP contribution in [0.2, 0.25) is 0 Å². The summed E-state index contributed by atoms with van der Waals surface area (Å²) in [6, 6.07) is 5.83. The van der Waals surface area contributed by atoms with Crippen LogP contribution in [0.5, 0.6) is 11.5 Å². The Morgan fingerprint density at radius 2 is 1.90 bits per heavy atom. The first-order valence-electron chi connectivity index (χ1n) is 7.29. The molecule has 5 heteroatoms. The summed E-state index contributed by atoms with van der Waals surface area (Å²) in [5.74, 6) is 1.67. The molecule has 114 valence electrons. The summed E-state index contributed by atoms with van der Waals surface area (Å²) in [5, 5.41) is 10.6. The largest absolute Gasteiger partial charge is 0.494 e. The number of aromatic amines is 1. The molecule has 0 aliphatic carbocycles. The minimum Gasteiger partial charge on any atom is -0.494 e. The minimum absolute atomic E-state index is 0.631. The zero-order valence-electron chi connectivity index (χ0n) is 13.1. The van der Waals surface area contributed by atoms with Gasteiger partial charge >= 0.3 is 0 Å². The molecule has 1 aromatic heterocycles. The highest BCUT2D eigenvalue weighted by atomic mass is 16.5. The van der Waals surface area contributed by atoms with E-state index in [9.17, 15) is 0 Å². The van der Waals surface area contributed by atoms with E-state index in [4.69, 9.17) is 9.47 Å². The standard InChI is InChI=1S/C16H23N3O2/c1-5-20-13-7-8-16(21-6-2)15(9-13)17-10-14-11(3)18-19-12(14)4/h7-9,17H,5-6,10H2,1-4H3,(H,18,19). The Balaban J connectivity index is 2.18. The van der Waals surface area contributed by atoms with E-state index < -0.39 is 0 Å². The summed E-state index contributed by atoms with van der Waals surface area (Å²) in [6.07, 6.45) is 0. The zero-order valence-corrected chi connectivity index (χ0v) is 13.1. The van der Waals surface area contributed by atoms with E-state index in [1.807, 2.05) is 45.9 Å². The third kappa shape index (κ3) is 3.68. The third-order valence-corrected chi connectivity index (χ3v) is 3.30. The van der Waals surface area contributed by atoms with Gasteiger partial charge in [0.15, 0.2) is 0 Å². The second-order valence-electron chi connectivity index (χ2n) is 4.79. The third-order valence-electron chi connectivity index (χ3n) is 3.30. The number of benzene rings is 1. The van der Waals surface area contributed by atoms with Gasteiger partial charge in [0.05, 0.1) is 24.6 Å². The number of hydrogen-bond donors (Lipinski definition) is 2. The molecular formula is C16H23N3O2. The lowest BCUT2D eigenvalue weighted by Gasteiger charge is -2.14. The minimum atomic E-state index is 0.631. The molecule has 2 aromatic rings. The van der Waals surface area contributed by atoms with Crippen molar-refractivity contribution in [3.63, 3.8) is 0 Å². The van der Waals surface area contributed by atoms with Crippen LogP contribution in [-0.2, 0) is 6.54 Å². The molecule has 0 bridgehead atoms. The van der Waals surface area contributed by atoms with Crippen molar-refractivity contribution in [1.82, 2.24) is 10.2 Å². The number of hydrogen-bond acceptors (Lipinski definition) is 4. The van der Waals surface area contributed by atoms with E-state index in [1.54, 1.807) is 0 Å². The molecule has 21 heavy (non-hydrogen) atoms. The number of aromatic nitrogens is 2. The molecule has 0 atom stereocenters. The Bertz CT molecular complexity index is 574. The molecule has 2 rings (SSSR count). The molecule has 0 radical (unpaired) electrons. The van der Waals surface area contributed by atoms with Crippen molar-refractivity contribution in [2.45, 2.75) is 34.2 Å². The van der Waals surface area contributed by atoms with Crippen molar-refractivity contribution in [3.8, 4) is 11.5 Å². The van der Waals surface area contributed by atoms with E-state index in [-0.39, 0.29) is 0 Å². The summed E-state index contributed by atoms with van der Waals surface area (Å²) in [6.45, 7) is 9.95. The predicted octanol–water partition coefficient (Wildman–Crippen LogP) is 3.44. The van der Waals surface area contributed by atoms with Gasteiger partial charge in [0.25, 0.3) is 0 Å². The zero-order chi connectivity index (χ0) is 15.2. The van der Waals surface area contributed by atoms with E-state index in [1.165, 1.54) is 5.56 Å². The van der Waals surface area contributed by atoms with Gasteiger partial charge < -0.3 is 14.8 Å². The summed E-state index contributed by atoms with van der Waals surface area (Å²) in [5.41, 5.74) is 4.21. The lowest BCUT2D eigenvalue weighted by Crippen LogP contribution is -2.05. The van der Waals surface area contributed by atoms with Gasteiger partial charge in [-0.25, -0.2) is 0 Å². The highest BCUT2D eigenvalue weighted by Gasteiger charge is 2.09. The number of nitrogens with zero attached hydrogens (tertiary/aromatic N) is 1. The SMILES string of the molecule is CCOc1ccc(OCC)c(NCc2c(C)n[nH]c2C)c1. The van der Waals surface area contributed by atoms with Crippen LogP contribution >= 0.6 is 0 Å². The van der Waals surface area contributed by atoms with Gasteiger partial charge in [-0.2, -0.15) is 5.10 Å². The molecule has 5 nitrogen and oxygen atoms in total. The highest BCUT2D eigenvalue weighted by Crippen LogP contribution is 2.30. The van der Waals surface area contributed by atoms with Gasteiger partial charge in [0, 0.05) is 23.9 Å². The molecule has 1 aromatic carbocycles. The molecule has 2 N–H and O–H groups in total. The first-order valence-corrected chi connectivity index (χ1v) is 7.29. The van der Waals surface area contributed by atoms with Crippen LogP contribution in [0.1, 0.15) is 30.8 Å². The Kier molecular flexibility index (Phi) is 5.09. The van der Waals surface area contributed by atoms with Crippen molar-refractivity contribution < 1.29 is 9.47 Å². The first-order chi connectivity index (χ1) is 10.2. The number of ether oxygens (including phenoxy) is 2. The Morgan fingerprint density at radius 3 is 2.52 bits per heavy atom. The normalized spacial score (nSPS) is 10.5. The van der Waals surface area contributed by atoms with Gasteiger partial charge in [-0.3, -0.25) is 5.10 Å². The Morgan fingerprint density at radius 1 is 1.14 bits per heavy atom. The van der Waals surface area contributed by atoms with E-state index in [2.05, 4.69) is 15.5 Å². The van der Waals surface area contributed by atoms with E-state index >= 15 is 0 Å². The van der Waals surface area contributed by atoms with Crippen molar-refractivity contribution >= 4 is 5.69 Å². The fourth-order valence-corrected chi connectivity index (χ4v) is 2.20. The van der Waals surface area contributed by atoms with Crippen molar-refractivity contribution in [2.75, 3.05) is 18.5 Å². The molecule has 0 fully saturated rings. The number of H-pyrrole nitrogens is 1. The van der Waals surface area contributed by atoms with Crippen molar-refractivity contribution in [2.24, 2.45) is 0 Å². The number of nitrogens with one attached hydrogen (secondary N) is 2. The van der Waals surface area contributed by atoms with Crippen LogP contribution in [0.4, 0.5) is 5.69 Å². The number of rotatable bonds is 7. The predicted molar refractivity (Wildman–Crippen MR) is 84.2 cm³/mol. The average molecular weight is 289 g/mol. The number of aryl methyl sites for hydroxylation is 2. The molecular weight excluding hydrogens is 266 g/mol. The van der Waals surface area contributed by atoms with E-state index in [0.717, 1.165) is 28.6 Å². The topological polar surface area (TPSA) is 59.2 Å². The Labute approximate surface area is 125 Å². The van der Waals surface area contributed by atoms with Gasteiger partial charge in [-0.15, -0.1) is 0 Å². The quantitative estimate of drug-likeness (QED) is 0.819. The summed E-state index contributed by atoms with van der Waals surface area (Å²) >= 11 is 0. The molecule has 0 spiro atoms.